The summed E-state index contributed by atoms with van der Waals surface area (Å²) in [6.07, 6.45) is 0. The number of fused-ring (bicyclic) bond motifs is 1. The van der Waals surface area contributed by atoms with Gasteiger partial charge in [-0.2, -0.15) is 0 Å². The predicted molar refractivity (Wildman–Crippen MR) is 82.9 cm³/mol. The Bertz CT molecular complexity index is 930. The highest BCUT2D eigenvalue weighted by Crippen LogP contribution is 2.16. The van der Waals surface area contributed by atoms with Gasteiger partial charge in [-0.15, -0.1) is 0 Å². The molecule has 0 atom stereocenters. The number of hydrogen-bond acceptors (Lipinski definition) is 2. The van der Waals surface area contributed by atoms with E-state index in [9.17, 15) is 9.59 Å². The molecule has 1 aromatic heterocycles. The molecule has 0 bridgehead atoms. The van der Waals surface area contributed by atoms with Gasteiger partial charge in [0, 0.05) is 9.50 Å². The van der Waals surface area contributed by atoms with Gasteiger partial charge in [0.1, 0.15) is 0 Å². The molecule has 0 spiro atoms. The second-order valence-electron chi connectivity index (χ2n) is 4.24. The lowest BCUT2D eigenvalue weighted by atomic mass is 10.2. The van der Waals surface area contributed by atoms with Gasteiger partial charge in [-0.25, -0.2) is 9.36 Å². The number of halogens is 2. The minimum Gasteiger partial charge on any atom is -0.306 e. The Balaban J connectivity index is 2.42. The number of benzene rings is 2. The predicted octanol–water partition coefficient (Wildman–Crippen LogP) is 3.09. The van der Waals surface area contributed by atoms with Gasteiger partial charge in [-0.1, -0.05) is 33.6 Å². The van der Waals surface area contributed by atoms with E-state index >= 15 is 0 Å². The van der Waals surface area contributed by atoms with Crippen molar-refractivity contribution in [3.63, 3.8) is 0 Å². The molecule has 3 aromatic rings. The zero-order valence-corrected chi connectivity index (χ0v) is 12.4. The quantitative estimate of drug-likeness (QED) is 0.732. The molecule has 0 aliphatic rings. The van der Waals surface area contributed by atoms with E-state index in [-0.39, 0.29) is 0 Å². The summed E-state index contributed by atoms with van der Waals surface area (Å²) < 4.78 is 1.87. The van der Waals surface area contributed by atoms with Crippen LogP contribution in [0.4, 0.5) is 0 Å². The molecule has 2 aromatic carbocycles. The molecule has 6 heteroatoms. The smallest absolute Gasteiger partial charge is 0.306 e. The van der Waals surface area contributed by atoms with E-state index in [0.29, 0.717) is 21.6 Å². The molecule has 4 nitrogen and oxygen atoms in total. The third kappa shape index (κ3) is 2.19. The molecule has 0 aliphatic carbocycles. The molecule has 0 aliphatic heterocycles. The molecule has 0 saturated carbocycles. The van der Waals surface area contributed by atoms with Crippen molar-refractivity contribution in [1.82, 2.24) is 9.55 Å². The molecule has 0 radical (unpaired) electrons. The highest BCUT2D eigenvalue weighted by atomic mass is 79.9. The maximum atomic E-state index is 12.5. The van der Waals surface area contributed by atoms with Gasteiger partial charge < -0.3 is 4.98 Å². The van der Waals surface area contributed by atoms with Gasteiger partial charge in [-0.05, 0) is 36.4 Å². The van der Waals surface area contributed by atoms with Crippen LogP contribution in [0.15, 0.2) is 56.5 Å². The van der Waals surface area contributed by atoms with Gasteiger partial charge in [0.25, 0.3) is 5.56 Å². The molecule has 0 unspecified atom stereocenters. The monoisotopic (exact) mass is 350 g/mol. The van der Waals surface area contributed by atoms with E-state index in [1.165, 1.54) is 0 Å². The third-order valence-corrected chi connectivity index (χ3v) is 3.65. The lowest BCUT2D eigenvalue weighted by Crippen LogP contribution is -2.33. The van der Waals surface area contributed by atoms with E-state index in [0.717, 1.165) is 9.04 Å². The highest BCUT2D eigenvalue weighted by Gasteiger charge is 2.10. The molecular formula is C14H8BrClN2O2. The fraction of sp³-hybridized carbons (Fsp3) is 0. The Morgan fingerprint density at radius 2 is 1.90 bits per heavy atom. The van der Waals surface area contributed by atoms with Gasteiger partial charge in [0.05, 0.1) is 16.6 Å². The Morgan fingerprint density at radius 1 is 1.10 bits per heavy atom. The topological polar surface area (TPSA) is 54.9 Å². The fourth-order valence-corrected chi connectivity index (χ4v) is 2.60. The van der Waals surface area contributed by atoms with Gasteiger partial charge in [0.15, 0.2) is 0 Å². The summed E-state index contributed by atoms with van der Waals surface area (Å²) in [7, 11) is 0. The van der Waals surface area contributed by atoms with E-state index in [1.54, 1.807) is 36.4 Å². The summed E-state index contributed by atoms with van der Waals surface area (Å²) in [5, 5.41) is 0.819. The average molecular weight is 352 g/mol. The Kier molecular flexibility index (Phi) is 3.23. The van der Waals surface area contributed by atoms with Crippen molar-refractivity contribution in [1.29, 1.82) is 0 Å². The van der Waals surface area contributed by atoms with Crippen LogP contribution in [0.3, 0.4) is 0 Å². The lowest BCUT2D eigenvalue weighted by Gasteiger charge is -2.07. The van der Waals surface area contributed by atoms with Crippen molar-refractivity contribution in [3.8, 4) is 5.69 Å². The third-order valence-electron chi connectivity index (χ3n) is 2.93. The molecule has 0 saturated heterocycles. The first-order valence-electron chi connectivity index (χ1n) is 5.77. The molecule has 100 valence electrons. The first-order valence-corrected chi connectivity index (χ1v) is 6.94. The van der Waals surface area contributed by atoms with Crippen LogP contribution in [-0.2, 0) is 0 Å². The highest BCUT2D eigenvalue weighted by molar-refractivity contribution is 9.10. The first kappa shape index (κ1) is 13.1. The summed E-state index contributed by atoms with van der Waals surface area (Å²) in [6, 6.07) is 11.8. The van der Waals surface area contributed by atoms with E-state index in [1.807, 2.05) is 6.07 Å². The van der Waals surface area contributed by atoms with Crippen molar-refractivity contribution < 1.29 is 0 Å². The second-order valence-corrected chi connectivity index (χ2v) is 5.59. The van der Waals surface area contributed by atoms with Crippen molar-refractivity contribution in [2.75, 3.05) is 0 Å². The maximum absolute atomic E-state index is 12.5. The van der Waals surface area contributed by atoms with Crippen LogP contribution in [0, 0.1) is 0 Å². The van der Waals surface area contributed by atoms with Crippen molar-refractivity contribution >= 4 is 38.4 Å². The average Bonchev–Trinajstić information content (AvgIpc) is 2.40. The number of hydrogen-bond donors (Lipinski definition) is 1. The van der Waals surface area contributed by atoms with Gasteiger partial charge >= 0.3 is 5.69 Å². The van der Waals surface area contributed by atoms with Crippen LogP contribution in [0.25, 0.3) is 16.6 Å². The van der Waals surface area contributed by atoms with Crippen LogP contribution in [0.5, 0.6) is 0 Å². The molecule has 20 heavy (non-hydrogen) atoms. The number of aromatic nitrogens is 2. The van der Waals surface area contributed by atoms with Crippen LogP contribution >= 0.6 is 27.5 Å². The number of H-pyrrole nitrogens is 1. The Labute approximate surface area is 126 Å². The van der Waals surface area contributed by atoms with Crippen molar-refractivity contribution in [2.45, 2.75) is 0 Å². The Morgan fingerprint density at radius 3 is 2.65 bits per heavy atom. The van der Waals surface area contributed by atoms with Crippen molar-refractivity contribution in [2.24, 2.45) is 0 Å². The van der Waals surface area contributed by atoms with E-state index in [2.05, 4.69) is 20.9 Å². The standard InChI is InChI=1S/C14H8BrClN2O2/c15-8-2-1-3-10(6-8)18-13(19)11-7-9(16)4-5-12(11)17-14(18)20/h1-7H,(H,17,20). The van der Waals surface area contributed by atoms with Crippen LogP contribution in [0.1, 0.15) is 0 Å². The summed E-state index contributed by atoms with van der Waals surface area (Å²) in [5.74, 6) is 0. The second kappa shape index (κ2) is 4.92. The number of aromatic amines is 1. The SMILES string of the molecule is O=c1[nH]c2ccc(Cl)cc2c(=O)n1-c1cccc(Br)c1. The normalized spacial score (nSPS) is 10.9. The summed E-state index contributed by atoms with van der Waals surface area (Å²) in [4.78, 5) is 27.3. The van der Waals surface area contributed by atoms with Crippen LogP contribution < -0.4 is 11.2 Å². The summed E-state index contributed by atoms with van der Waals surface area (Å²) in [6.45, 7) is 0. The Hall–Kier alpha value is -1.85. The molecule has 0 fully saturated rings. The lowest BCUT2D eigenvalue weighted by molar-refractivity contribution is 0.900. The largest absolute Gasteiger partial charge is 0.333 e. The van der Waals surface area contributed by atoms with E-state index < -0.39 is 11.2 Å². The summed E-state index contributed by atoms with van der Waals surface area (Å²) in [5.41, 5.74) is 0.0791. The minimum atomic E-state index is -0.483. The van der Waals surface area contributed by atoms with E-state index in [4.69, 9.17) is 11.6 Å². The number of rotatable bonds is 1. The molecular weight excluding hydrogens is 344 g/mol. The van der Waals surface area contributed by atoms with Gasteiger partial charge in [-0.3, -0.25) is 4.79 Å². The van der Waals surface area contributed by atoms with Gasteiger partial charge in [0.2, 0.25) is 0 Å². The fourth-order valence-electron chi connectivity index (χ4n) is 2.04. The van der Waals surface area contributed by atoms with Crippen LogP contribution in [-0.4, -0.2) is 9.55 Å². The molecule has 1 N–H and O–H groups in total. The van der Waals surface area contributed by atoms with Crippen LogP contribution in [0.2, 0.25) is 5.02 Å². The number of nitrogens with one attached hydrogen (secondary N) is 1. The maximum Gasteiger partial charge on any atom is 0.333 e. The zero-order valence-electron chi connectivity index (χ0n) is 10.1. The number of nitrogens with zero attached hydrogens (tertiary/aromatic N) is 1. The molecule has 1 heterocycles. The molecule has 3 rings (SSSR count). The van der Waals surface area contributed by atoms with Crippen molar-refractivity contribution in [3.05, 3.63) is 72.8 Å². The first-order chi connectivity index (χ1) is 9.56. The zero-order chi connectivity index (χ0) is 14.3. The summed E-state index contributed by atoms with van der Waals surface area (Å²) >= 11 is 9.23. The molecule has 0 amide bonds. The minimum absolute atomic E-state index is 0.372.